The maximum atomic E-state index is 12.1. The third-order valence-corrected chi connectivity index (χ3v) is 4.58. The molecule has 0 aromatic heterocycles. The molecule has 1 heterocycles. The average Bonchev–Trinajstić information content (AvgIpc) is 2.61. The number of nitrogens with zero attached hydrogens (tertiary/aromatic N) is 1. The van der Waals surface area contributed by atoms with Crippen molar-refractivity contribution in [3.63, 3.8) is 0 Å². The van der Waals surface area contributed by atoms with Crippen molar-refractivity contribution in [2.75, 3.05) is 26.2 Å². The summed E-state index contributed by atoms with van der Waals surface area (Å²) in [6, 6.07) is 7.74. The highest BCUT2D eigenvalue weighted by molar-refractivity contribution is 6.30. The molecule has 6 nitrogen and oxygen atoms in total. The van der Waals surface area contributed by atoms with Gasteiger partial charge in [0.15, 0.2) is 0 Å². The van der Waals surface area contributed by atoms with E-state index in [1.165, 1.54) is 0 Å². The van der Waals surface area contributed by atoms with Crippen LogP contribution in [0.2, 0.25) is 5.02 Å². The number of halogens is 1. The molecule has 7 heteroatoms. The number of ether oxygens (including phenoxy) is 1. The number of hydrogen-bond donors (Lipinski definition) is 2. The predicted molar refractivity (Wildman–Crippen MR) is 97.6 cm³/mol. The van der Waals surface area contributed by atoms with E-state index in [1.54, 1.807) is 11.8 Å². The van der Waals surface area contributed by atoms with Crippen molar-refractivity contribution in [1.82, 2.24) is 15.5 Å². The number of nitrogens with one attached hydrogen (secondary N) is 2. The van der Waals surface area contributed by atoms with Gasteiger partial charge in [-0.2, -0.15) is 0 Å². The van der Waals surface area contributed by atoms with Gasteiger partial charge in [-0.05, 0) is 44.4 Å². The standard InChI is InChI=1S/C18H26ClN3O3/c1-3-25-18(24)22-10-8-16(9-11-22)21-17(23)12-20-13(2)14-4-6-15(19)7-5-14/h4-7,13,16,20H,3,8-12H2,1-2H3,(H,21,23). The van der Waals surface area contributed by atoms with Crippen LogP contribution in [0.3, 0.4) is 0 Å². The molecule has 1 aromatic carbocycles. The zero-order chi connectivity index (χ0) is 18.2. The zero-order valence-corrected chi connectivity index (χ0v) is 15.5. The molecular formula is C18H26ClN3O3. The summed E-state index contributed by atoms with van der Waals surface area (Å²) in [5.74, 6) is -0.0320. The van der Waals surface area contributed by atoms with Gasteiger partial charge in [-0.3, -0.25) is 4.79 Å². The highest BCUT2D eigenvalue weighted by Crippen LogP contribution is 2.16. The van der Waals surface area contributed by atoms with Gasteiger partial charge in [0.25, 0.3) is 0 Å². The van der Waals surface area contributed by atoms with E-state index in [9.17, 15) is 9.59 Å². The molecule has 1 atom stereocenters. The molecule has 1 saturated heterocycles. The third-order valence-electron chi connectivity index (χ3n) is 4.32. The van der Waals surface area contributed by atoms with Gasteiger partial charge in [0.1, 0.15) is 0 Å². The molecular weight excluding hydrogens is 342 g/mol. The van der Waals surface area contributed by atoms with Gasteiger partial charge < -0.3 is 20.3 Å². The predicted octanol–water partition coefficient (Wildman–Crippen LogP) is 2.73. The van der Waals surface area contributed by atoms with Crippen LogP contribution in [0.25, 0.3) is 0 Å². The topological polar surface area (TPSA) is 70.7 Å². The first-order valence-electron chi connectivity index (χ1n) is 8.69. The van der Waals surface area contributed by atoms with E-state index >= 15 is 0 Å². The Morgan fingerprint density at radius 1 is 1.28 bits per heavy atom. The lowest BCUT2D eigenvalue weighted by molar-refractivity contribution is -0.121. The molecule has 2 amide bonds. The van der Waals surface area contributed by atoms with Gasteiger partial charge in [-0.15, -0.1) is 0 Å². The number of carbonyl (C=O) groups excluding carboxylic acids is 2. The molecule has 25 heavy (non-hydrogen) atoms. The molecule has 0 saturated carbocycles. The Morgan fingerprint density at radius 2 is 1.92 bits per heavy atom. The molecule has 138 valence electrons. The summed E-state index contributed by atoms with van der Waals surface area (Å²) in [6.45, 7) is 5.66. The number of hydrogen-bond acceptors (Lipinski definition) is 4. The maximum Gasteiger partial charge on any atom is 0.409 e. The summed E-state index contributed by atoms with van der Waals surface area (Å²) in [7, 11) is 0. The number of rotatable bonds is 6. The summed E-state index contributed by atoms with van der Waals surface area (Å²) in [5, 5.41) is 6.93. The van der Waals surface area contributed by atoms with Crippen LogP contribution >= 0.6 is 11.6 Å². The van der Waals surface area contributed by atoms with E-state index in [1.807, 2.05) is 31.2 Å². The van der Waals surface area contributed by atoms with Crippen LogP contribution in [0.4, 0.5) is 4.79 Å². The Morgan fingerprint density at radius 3 is 2.52 bits per heavy atom. The minimum atomic E-state index is -0.272. The van der Waals surface area contributed by atoms with E-state index in [0.717, 1.165) is 18.4 Å². The second-order valence-corrected chi connectivity index (χ2v) is 6.62. The molecule has 0 aliphatic carbocycles. The second kappa shape index (κ2) is 9.63. The van der Waals surface area contributed by atoms with Crippen molar-refractivity contribution in [2.45, 2.75) is 38.8 Å². The molecule has 2 N–H and O–H groups in total. The van der Waals surface area contributed by atoms with Crippen LogP contribution in [-0.2, 0) is 9.53 Å². The normalized spacial score (nSPS) is 16.4. The Bertz CT molecular complexity index is 571. The average molecular weight is 368 g/mol. The lowest BCUT2D eigenvalue weighted by Crippen LogP contribution is -2.48. The second-order valence-electron chi connectivity index (χ2n) is 6.18. The smallest absolute Gasteiger partial charge is 0.409 e. The summed E-state index contributed by atoms with van der Waals surface area (Å²) in [5.41, 5.74) is 1.08. The highest BCUT2D eigenvalue weighted by atomic mass is 35.5. The Hall–Kier alpha value is -1.79. The summed E-state index contributed by atoms with van der Waals surface area (Å²) < 4.78 is 4.99. The molecule has 1 fully saturated rings. The number of benzene rings is 1. The number of carbonyl (C=O) groups is 2. The van der Waals surface area contributed by atoms with Gasteiger partial charge in [-0.1, -0.05) is 23.7 Å². The van der Waals surface area contributed by atoms with E-state index < -0.39 is 0 Å². The first-order chi connectivity index (χ1) is 12.0. The van der Waals surface area contributed by atoms with Gasteiger partial charge in [0.2, 0.25) is 5.91 Å². The lowest BCUT2D eigenvalue weighted by Gasteiger charge is -2.31. The minimum Gasteiger partial charge on any atom is -0.450 e. The van der Waals surface area contributed by atoms with Crippen molar-refractivity contribution in [1.29, 1.82) is 0 Å². The van der Waals surface area contributed by atoms with Crippen molar-refractivity contribution in [3.05, 3.63) is 34.9 Å². The van der Waals surface area contributed by atoms with Crippen LogP contribution in [0.15, 0.2) is 24.3 Å². The summed E-state index contributed by atoms with van der Waals surface area (Å²) in [6.07, 6.45) is 1.22. The number of likely N-dealkylation sites (tertiary alicyclic amines) is 1. The zero-order valence-electron chi connectivity index (χ0n) is 14.8. The quantitative estimate of drug-likeness (QED) is 0.811. The molecule has 0 bridgehead atoms. The fourth-order valence-electron chi connectivity index (χ4n) is 2.81. The van der Waals surface area contributed by atoms with Crippen LogP contribution in [-0.4, -0.2) is 49.2 Å². The minimum absolute atomic E-state index is 0.0320. The van der Waals surface area contributed by atoms with Crippen molar-refractivity contribution in [3.8, 4) is 0 Å². The van der Waals surface area contributed by atoms with Gasteiger partial charge >= 0.3 is 6.09 Å². The van der Waals surface area contributed by atoms with Crippen molar-refractivity contribution >= 4 is 23.6 Å². The Balaban J connectivity index is 1.69. The van der Waals surface area contributed by atoms with Crippen LogP contribution in [0.5, 0.6) is 0 Å². The van der Waals surface area contributed by atoms with E-state index in [4.69, 9.17) is 16.3 Å². The largest absolute Gasteiger partial charge is 0.450 e. The molecule has 2 rings (SSSR count). The monoisotopic (exact) mass is 367 g/mol. The van der Waals surface area contributed by atoms with E-state index in [2.05, 4.69) is 10.6 Å². The number of piperidine rings is 1. The Labute approximate surface area is 153 Å². The highest BCUT2D eigenvalue weighted by Gasteiger charge is 2.24. The molecule has 1 aliphatic heterocycles. The third kappa shape index (κ3) is 6.21. The first kappa shape index (κ1) is 19.5. The van der Waals surface area contributed by atoms with Gasteiger partial charge in [-0.25, -0.2) is 4.79 Å². The molecule has 1 aliphatic rings. The van der Waals surface area contributed by atoms with Crippen LogP contribution in [0, 0.1) is 0 Å². The summed E-state index contributed by atoms with van der Waals surface area (Å²) >= 11 is 5.88. The van der Waals surface area contributed by atoms with Crippen LogP contribution in [0.1, 0.15) is 38.3 Å². The maximum absolute atomic E-state index is 12.1. The molecule has 1 unspecified atom stereocenters. The van der Waals surface area contributed by atoms with E-state index in [0.29, 0.717) is 24.7 Å². The molecule has 1 aromatic rings. The Kier molecular flexibility index (Phi) is 7.52. The fraction of sp³-hybridized carbons (Fsp3) is 0.556. The fourth-order valence-corrected chi connectivity index (χ4v) is 2.94. The first-order valence-corrected chi connectivity index (χ1v) is 9.07. The summed E-state index contributed by atoms with van der Waals surface area (Å²) in [4.78, 5) is 25.5. The van der Waals surface area contributed by atoms with Gasteiger partial charge in [0, 0.05) is 30.2 Å². The van der Waals surface area contributed by atoms with Crippen LogP contribution < -0.4 is 10.6 Å². The molecule has 0 spiro atoms. The lowest BCUT2D eigenvalue weighted by atomic mass is 10.1. The SMILES string of the molecule is CCOC(=O)N1CCC(NC(=O)CNC(C)c2ccc(Cl)cc2)CC1. The van der Waals surface area contributed by atoms with Gasteiger partial charge in [0.05, 0.1) is 13.2 Å². The van der Waals surface area contributed by atoms with Crippen molar-refractivity contribution < 1.29 is 14.3 Å². The molecule has 0 radical (unpaired) electrons. The number of amides is 2. The van der Waals surface area contributed by atoms with E-state index in [-0.39, 0.29) is 30.6 Å². The van der Waals surface area contributed by atoms with Crippen molar-refractivity contribution in [2.24, 2.45) is 0 Å².